The second-order valence-corrected chi connectivity index (χ2v) is 14.7. The van der Waals surface area contributed by atoms with Gasteiger partial charge in [-0.3, -0.25) is 9.59 Å². The zero-order chi connectivity index (χ0) is 27.7. The first kappa shape index (κ1) is 26.4. The van der Waals surface area contributed by atoms with Gasteiger partial charge in [-0.2, -0.15) is 0 Å². The molecule has 5 heterocycles. The summed E-state index contributed by atoms with van der Waals surface area (Å²) < 4.78 is 6.55. The Kier molecular flexibility index (Phi) is 6.35. The Balaban J connectivity index is 1.42. The standard InChI is InChI=1S/C29H28N2O5S3/c1-28(2)7-9-31-10-8-29(3,4)22-23(31)18(28)12-15-11-17(25(34)36-24(15)22)20-6-5-16(38-20)13-19-26(35)39-27(30-19)37-14-21(32)33/h5-6,11-13H,7-10,14H2,1-4H3,(H,32,33)/b19-13-. The molecule has 202 valence electrons. The SMILES string of the molecule is CC1(C)CCN2CCC(C)(C)c3c2c1cc1cc(-c2ccc(/C=C4\N=C(SCC(=O)O)SC4=O)s2)c(=O)oc31. The average Bonchev–Trinajstić information content (AvgIpc) is 3.47. The van der Waals surface area contributed by atoms with E-state index in [1.807, 2.05) is 18.2 Å². The maximum absolute atomic E-state index is 13.4. The Morgan fingerprint density at radius 3 is 2.64 bits per heavy atom. The molecule has 0 unspecified atom stereocenters. The summed E-state index contributed by atoms with van der Waals surface area (Å²) in [6.07, 6.45) is 3.76. The van der Waals surface area contributed by atoms with E-state index < -0.39 is 5.97 Å². The maximum Gasteiger partial charge on any atom is 0.345 e. The molecule has 0 saturated carbocycles. The number of thioether (sulfide) groups is 2. The van der Waals surface area contributed by atoms with Gasteiger partial charge < -0.3 is 14.4 Å². The number of hydrogen-bond acceptors (Lipinski definition) is 9. The molecule has 7 nitrogen and oxygen atoms in total. The normalized spacial score (nSPS) is 20.4. The Bertz CT molecular complexity index is 1680. The molecule has 0 radical (unpaired) electrons. The number of carboxylic acids is 1. The van der Waals surface area contributed by atoms with Crippen LogP contribution in [-0.2, 0) is 20.4 Å². The first-order valence-corrected chi connectivity index (χ1v) is 15.4. The van der Waals surface area contributed by atoms with E-state index in [-0.39, 0.29) is 33.0 Å². The Morgan fingerprint density at radius 2 is 1.90 bits per heavy atom. The summed E-state index contributed by atoms with van der Waals surface area (Å²) in [7, 11) is 0. The fourth-order valence-corrected chi connectivity index (χ4v) is 8.12. The van der Waals surface area contributed by atoms with Gasteiger partial charge in [0.15, 0.2) is 0 Å². The molecule has 0 spiro atoms. The van der Waals surface area contributed by atoms with Crippen molar-refractivity contribution in [2.45, 2.75) is 51.4 Å². The van der Waals surface area contributed by atoms with Gasteiger partial charge >= 0.3 is 11.6 Å². The van der Waals surface area contributed by atoms with E-state index in [4.69, 9.17) is 9.52 Å². The lowest BCUT2D eigenvalue weighted by molar-refractivity contribution is -0.133. The number of aliphatic imine (C=N–C) groups is 1. The Morgan fingerprint density at radius 1 is 1.15 bits per heavy atom. The third-order valence-electron chi connectivity index (χ3n) is 7.82. The minimum atomic E-state index is -0.959. The van der Waals surface area contributed by atoms with Crippen LogP contribution in [0.1, 0.15) is 56.5 Å². The van der Waals surface area contributed by atoms with Gasteiger partial charge in [0.2, 0.25) is 5.12 Å². The van der Waals surface area contributed by atoms with E-state index >= 15 is 0 Å². The largest absolute Gasteiger partial charge is 0.481 e. The second kappa shape index (κ2) is 9.38. The highest BCUT2D eigenvalue weighted by Gasteiger charge is 2.42. The average molecular weight is 581 g/mol. The van der Waals surface area contributed by atoms with Gasteiger partial charge in [-0.1, -0.05) is 39.5 Å². The number of hydrogen-bond donors (Lipinski definition) is 1. The fourth-order valence-electron chi connectivity index (χ4n) is 5.61. The van der Waals surface area contributed by atoms with E-state index in [1.54, 1.807) is 6.08 Å². The summed E-state index contributed by atoms with van der Waals surface area (Å²) in [5.41, 5.74) is 4.69. The first-order valence-electron chi connectivity index (χ1n) is 12.8. The number of fused-ring (bicyclic) bond motifs is 2. The number of thiophene rings is 1. The van der Waals surface area contributed by atoms with Crippen molar-refractivity contribution in [3.05, 3.63) is 56.4 Å². The number of carboxylic acid groups (broad SMARTS) is 1. The van der Waals surface area contributed by atoms with Crippen LogP contribution in [0.3, 0.4) is 0 Å². The molecule has 3 aliphatic heterocycles. The highest BCUT2D eigenvalue weighted by molar-refractivity contribution is 8.45. The van der Waals surface area contributed by atoms with E-state index in [1.165, 1.54) is 22.6 Å². The molecule has 0 saturated heterocycles. The highest BCUT2D eigenvalue weighted by Crippen LogP contribution is 2.51. The van der Waals surface area contributed by atoms with Crippen molar-refractivity contribution in [1.29, 1.82) is 0 Å². The van der Waals surface area contributed by atoms with E-state index in [9.17, 15) is 14.4 Å². The molecule has 0 aliphatic carbocycles. The first-order chi connectivity index (χ1) is 18.4. The number of carbonyl (C=O) groups is 2. The van der Waals surface area contributed by atoms with Crippen LogP contribution in [0.2, 0.25) is 0 Å². The predicted octanol–water partition coefficient (Wildman–Crippen LogP) is 6.48. The summed E-state index contributed by atoms with van der Waals surface area (Å²) in [5.74, 6) is -1.11. The van der Waals surface area contributed by atoms with Crippen LogP contribution in [0.25, 0.3) is 27.5 Å². The van der Waals surface area contributed by atoms with Crippen LogP contribution >= 0.6 is 34.9 Å². The molecule has 0 atom stereocenters. The number of rotatable bonds is 4. The van der Waals surface area contributed by atoms with Crippen molar-refractivity contribution in [3.8, 4) is 10.4 Å². The molecule has 6 rings (SSSR count). The van der Waals surface area contributed by atoms with Gasteiger partial charge in [-0.05, 0) is 71.3 Å². The van der Waals surface area contributed by atoms with E-state index in [0.717, 1.165) is 70.2 Å². The van der Waals surface area contributed by atoms with Crippen LogP contribution < -0.4 is 10.5 Å². The van der Waals surface area contributed by atoms with Crippen LogP contribution in [0.5, 0.6) is 0 Å². The lowest BCUT2D eigenvalue weighted by Crippen LogP contribution is -2.44. The summed E-state index contributed by atoms with van der Waals surface area (Å²) in [4.78, 5) is 44.9. The van der Waals surface area contributed by atoms with Gasteiger partial charge in [-0.15, -0.1) is 11.3 Å². The molecule has 1 N–H and O–H groups in total. The Labute approximate surface area is 238 Å². The molecular weight excluding hydrogens is 553 g/mol. The van der Waals surface area contributed by atoms with Crippen LogP contribution in [0, 0.1) is 0 Å². The molecule has 2 aromatic heterocycles. The number of nitrogens with zero attached hydrogens (tertiary/aromatic N) is 2. The quantitative estimate of drug-likeness (QED) is 0.277. The van der Waals surface area contributed by atoms with E-state index in [0.29, 0.717) is 15.5 Å². The smallest absolute Gasteiger partial charge is 0.345 e. The van der Waals surface area contributed by atoms with Crippen molar-refractivity contribution in [2.75, 3.05) is 23.7 Å². The van der Waals surface area contributed by atoms with Gasteiger partial charge in [-0.25, -0.2) is 9.79 Å². The highest BCUT2D eigenvalue weighted by atomic mass is 32.2. The van der Waals surface area contributed by atoms with Crippen LogP contribution in [-0.4, -0.2) is 39.4 Å². The number of aliphatic carboxylic acids is 1. The zero-order valence-corrected chi connectivity index (χ0v) is 24.6. The van der Waals surface area contributed by atoms with Crippen LogP contribution in [0.15, 0.2) is 44.2 Å². The molecular formula is C29H28N2O5S3. The summed E-state index contributed by atoms with van der Waals surface area (Å²) in [6, 6.07) is 7.89. The molecule has 0 amide bonds. The minimum absolute atomic E-state index is 0.0226. The Hall–Kier alpha value is -2.82. The fraction of sp³-hybridized carbons (Fsp3) is 0.379. The number of carbonyl (C=O) groups excluding carboxylic acids is 1. The van der Waals surface area contributed by atoms with Crippen molar-refractivity contribution in [3.63, 3.8) is 0 Å². The second-order valence-electron chi connectivity index (χ2n) is 11.4. The summed E-state index contributed by atoms with van der Waals surface area (Å²) in [5, 5.41) is 9.59. The third kappa shape index (κ3) is 4.66. The summed E-state index contributed by atoms with van der Waals surface area (Å²) >= 11 is 3.36. The van der Waals surface area contributed by atoms with Gasteiger partial charge in [0.25, 0.3) is 0 Å². The van der Waals surface area contributed by atoms with Gasteiger partial charge in [0.05, 0.1) is 11.3 Å². The van der Waals surface area contributed by atoms with Crippen molar-refractivity contribution in [2.24, 2.45) is 4.99 Å². The lowest BCUT2D eigenvalue weighted by atomic mass is 9.69. The molecule has 3 aliphatic rings. The monoisotopic (exact) mass is 580 g/mol. The minimum Gasteiger partial charge on any atom is -0.481 e. The van der Waals surface area contributed by atoms with Crippen molar-refractivity contribution in [1.82, 2.24) is 0 Å². The molecule has 0 bridgehead atoms. The molecule has 0 fully saturated rings. The third-order valence-corrected chi connectivity index (χ3v) is 10.9. The summed E-state index contributed by atoms with van der Waals surface area (Å²) in [6.45, 7) is 11.1. The number of benzene rings is 1. The van der Waals surface area contributed by atoms with Crippen LogP contribution in [0.4, 0.5) is 5.69 Å². The molecule has 3 aromatic rings. The van der Waals surface area contributed by atoms with Crippen molar-refractivity contribution >= 4 is 73.1 Å². The van der Waals surface area contributed by atoms with E-state index in [2.05, 4.69) is 43.7 Å². The van der Waals surface area contributed by atoms with Crippen molar-refractivity contribution < 1.29 is 19.1 Å². The molecule has 1 aromatic carbocycles. The predicted molar refractivity (Wildman–Crippen MR) is 161 cm³/mol. The number of anilines is 1. The van der Waals surface area contributed by atoms with Gasteiger partial charge in [0.1, 0.15) is 15.7 Å². The zero-order valence-electron chi connectivity index (χ0n) is 22.1. The topological polar surface area (TPSA) is 100 Å². The molecule has 39 heavy (non-hydrogen) atoms. The van der Waals surface area contributed by atoms with Gasteiger partial charge in [0, 0.05) is 39.5 Å². The maximum atomic E-state index is 13.4. The lowest BCUT2D eigenvalue weighted by Gasteiger charge is -2.48. The molecule has 10 heteroatoms.